The van der Waals surface area contributed by atoms with Crippen LogP contribution in [0.25, 0.3) is 0 Å². The highest BCUT2D eigenvalue weighted by molar-refractivity contribution is 7.88. The van der Waals surface area contributed by atoms with Gasteiger partial charge in [0.2, 0.25) is 10.0 Å². The maximum atomic E-state index is 13.1. The van der Waals surface area contributed by atoms with Gasteiger partial charge >= 0.3 is 0 Å². The van der Waals surface area contributed by atoms with E-state index in [0.29, 0.717) is 18.8 Å². The Kier molecular flexibility index (Phi) is 4.94. The molecule has 1 saturated heterocycles. The number of hydrogen-bond acceptors (Lipinski definition) is 4. The Labute approximate surface area is 149 Å². The van der Waals surface area contributed by atoms with Gasteiger partial charge in [0.25, 0.3) is 5.91 Å². The fourth-order valence-electron chi connectivity index (χ4n) is 4.16. The molecule has 0 aromatic carbocycles. The van der Waals surface area contributed by atoms with Crippen molar-refractivity contribution in [1.29, 1.82) is 0 Å². The van der Waals surface area contributed by atoms with Crippen LogP contribution in [-0.4, -0.2) is 54.4 Å². The standard InChI is InChI=1S/C17H28N4O3S/c1-11(2)13-9-21(10-14(13)19-25(4,23)24)17(22)16-12-7-5-6-8-15(12)20(3)18-16/h11,13-14,19H,5-10H2,1-4H3/t13-,14+/m1/s1. The number of nitrogens with zero attached hydrogens (tertiary/aromatic N) is 3. The fourth-order valence-corrected chi connectivity index (χ4v) is 4.96. The van der Waals surface area contributed by atoms with Gasteiger partial charge in [-0.25, -0.2) is 13.1 Å². The predicted molar refractivity (Wildman–Crippen MR) is 95.8 cm³/mol. The Morgan fingerprint density at radius 3 is 2.56 bits per heavy atom. The van der Waals surface area contributed by atoms with Gasteiger partial charge in [0, 0.05) is 37.4 Å². The Bertz CT molecular complexity index is 769. The molecule has 0 radical (unpaired) electrons. The topological polar surface area (TPSA) is 84.3 Å². The van der Waals surface area contributed by atoms with Crippen LogP contribution in [0.15, 0.2) is 0 Å². The first kappa shape index (κ1) is 18.4. The molecule has 0 bridgehead atoms. The summed E-state index contributed by atoms with van der Waals surface area (Å²) in [6.45, 7) is 5.10. The second-order valence-electron chi connectivity index (χ2n) is 7.72. The van der Waals surface area contributed by atoms with Crippen LogP contribution in [0.5, 0.6) is 0 Å². The third kappa shape index (κ3) is 3.74. The number of fused-ring (bicyclic) bond motifs is 1. The molecule has 1 amide bonds. The van der Waals surface area contributed by atoms with Gasteiger partial charge in [-0.15, -0.1) is 0 Å². The van der Waals surface area contributed by atoms with E-state index in [9.17, 15) is 13.2 Å². The average molecular weight is 369 g/mol. The van der Waals surface area contributed by atoms with Gasteiger partial charge in [-0.05, 0) is 37.5 Å². The van der Waals surface area contributed by atoms with Crippen molar-refractivity contribution >= 4 is 15.9 Å². The predicted octanol–water partition coefficient (Wildman–Crippen LogP) is 0.945. The minimum Gasteiger partial charge on any atom is -0.335 e. The summed E-state index contributed by atoms with van der Waals surface area (Å²) in [7, 11) is -1.41. The van der Waals surface area contributed by atoms with Crippen LogP contribution < -0.4 is 4.72 Å². The molecule has 0 unspecified atom stereocenters. The van der Waals surface area contributed by atoms with E-state index in [0.717, 1.165) is 31.2 Å². The van der Waals surface area contributed by atoms with Crippen molar-refractivity contribution < 1.29 is 13.2 Å². The molecule has 0 spiro atoms. The maximum Gasteiger partial charge on any atom is 0.274 e. The van der Waals surface area contributed by atoms with Gasteiger partial charge in [-0.1, -0.05) is 13.8 Å². The van der Waals surface area contributed by atoms with Gasteiger partial charge in [0.05, 0.1) is 6.26 Å². The van der Waals surface area contributed by atoms with Gasteiger partial charge in [0.15, 0.2) is 5.69 Å². The van der Waals surface area contributed by atoms with Crippen LogP contribution in [0.3, 0.4) is 0 Å². The molecular weight excluding hydrogens is 340 g/mol. The third-order valence-corrected chi connectivity index (χ3v) is 6.17. The van der Waals surface area contributed by atoms with Gasteiger partial charge < -0.3 is 4.90 Å². The van der Waals surface area contributed by atoms with E-state index in [1.54, 1.807) is 4.90 Å². The minimum atomic E-state index is -3.31. The van der Waals surface area contributed by atoms with Crippen LogP contribution >= 0.6 is 0 Å². The Morgan fingerprint density at radius 1 is 1.24 bits per heavy atom. The molecule has 2 atom stereocenters. The molecule has 2 heterocycles. The van der Waals surface area contributed by atoms with Crippen molar-refractivity contribution in [3.8, 4) is 0 Å². The molecule has 1 aliphatic heterocycles. The van der Waals surface area contributed by atoms with Crippen molar-refractivity contribution in [2.75, 3.05) is 19.3 Å². The molecule has 2 aliphatic rings. The first-order valence-electron chi connectivity index (χ1n) is 8.98. The number of carbonyl (C=O) groups is 1. The largest absolute Gasteiger partial charge is 0.335 e. The molecule has 0 saturated carbocycles. The average Bonchev–Trinajstić information content (AvgIpc) is 3.07. The highest BCUT2D eigenvalue weighted by Crippen LogP contribution is 2.29. The summed E-state index contributed by atoms with van der Waals surface area (Å²) in [5, 5.41) is 4.49. The molecular formula is C17H28N4O3S. The van der Waals surface area contributed by atoms with Gasteiger partial charge in [0.1, 0.15) is 0 Å². The summed E-state index contributed by atoms with van der Waals surface area (Å²) < 4.78 is 27.9. The van der Waals surface area contributed by atoms with Crippen LogP contribution in [0.2, 0.25) is 0 Å². The lowest BCUT2D eigenvalue weighted by Crippen LogP contribution is -2.41. The summed E-state index contributed by atoms with van der Waals surface area (Å²) in [6, 6.07) is -0.238. The van der Waals surface area contributed by atoms with E-state index in [1.807, 2.05) is 11.7 Å². The molecule has 1 N–H and O–H groups in total. The smallest absolute Gasteiger partial charge is 0.274 e. The first-order valence-corrected chi connectivity index (χ1v) is 10.9. The molecule has 25 heavy (non-hydrogen) atoms. The zero-order chi connectivity index (χ0) is 18.4. The highest BCUT2D eigenvalue weighted by atomic mass is 32.2. The SMILES string of the molecule is CC(C)[C@H]1CN(C(=O)c2nn(C)c3c2CCCC3)C[C@@H]1NS(C)(=O)=O. The molecule has 1 fully saturated rings. The van der Waals surface area contributed by atoms with Crippen LogP contribution in [0.4, 0.5) is 0 Å². The second-order valence-corrected chi connectivity index (χ2v) is 9.50. The number of aromatic nitrogens is 2. The normalized spacial score (nSPS) is 24.0. The van der Waals surface area contributed by atoms with E-state index in [2.05, 4.69) is 23.7 Å². The number of sulfonamides is 1. The van der Waals surface area contributed by atoms with Crippen molar-refractivity contribution in [3.63, 3.8) is 0 Å². The first-order chi connectivity index (χ1) is 11.7. The Morgan fingerprint density at radius 2 is 1.92 bits per heavy atom. The number of carbonyl (C=O) groups excluding carboxylic acids is 1. The van der Waals surface area contributed by atoms with E-state index >= 15 is 0 Å². The molecule has 8 heteroatoms. The third-order valence-electron chi connectivity index (χ3n) is 5.44. The van der Waals surface area contributed by atoms with Crippen molar-refractivity contribution in [2.45, 2.75) is 45.6 Å². The number of hydrogen-bond donors (Lipinski definition) is 1. The summed E-state index contributed by atoms with van der Waals surface area (Å²) >= 11 is 0. The van der Waals surface area contributed by atoms with E-state index in [-0.39, 0.29) is 23.8 Å². The molecule has 140 valence electrons. The number of amides is 1. The zero-order valence-electron chi connectivity index (χ0n) is 15.4. The van der Waals surface area contributed by atoms with E-state index in [1.165, 1.54) is 11.9 Å². The lowest BCUT2D eigenvalue weighted by Gasteiger charge is -2.21. The lowest BCUT2D eigenvalue weighted by molar-refractivity contribution is 0.0775. The van der Waals surface area contributed by atoms with Gasteiger partial charge in [-0.2, -0.15) is 5.10 Å². The molecule has 1 aromatic rings. The number of aryl methyl sites for hydroxylation is 1. The fraction of sp³-hybridized carbons (Fsp3) is 0.765. The second kappa shape index (κ2) is 6.72. The summed E-state index contributed by atoms with van der Waals surface area (Å²) in [5.41, 5.74) is 2.80. The molecule has 3 rings (SSSR count). The van der Waals surface area contributed by atoms with Crippen molar-refractivity contribution in [3.05, 3.63) is 17.0 Å². The van der Waals surface area contributed by atoms with E-state index in [4.69, 9.17) is 0 Å². The molecule has 1 aliphatic carbocycles. The molecule has 7 nitrogen and oxygen atoms in total. The maximum absolute atomic E-state index is 13.1. The van der Waals surface area contributed by atoms with Crippen molar-refractivity contribution in [1.82, 2.24) is 19.4 Å². The van der Waals surface area contributed by atoms with Gasteiger partial charge in [-0.3, -0.25) is 9.48 Å². The number of rotatable bonds is 4. The van der Waals surface area contributed by atoms with Crippen molar-refractivity contribution in [2.24, 2.45) is 18.9 Å². The lowest BCUT2D eigenvalue weighted by atomic mass is 9.92. The number of likely N-dealkylation sites (tertiary alicyclic amines) is 1. The number of nitrogens with one attached hydrogen (secondary N) is 1. The summed E-state index contributed by atoms with van der Waals surface area (Å²) in [6.07, 6.45) is 5.27. The Balaban J connectivity index is 1.84. The zero-order valence-corrected chi connectivity index (χ0v) is 16.3. The Hall–Kier alpha value is -1.41. The highest BCUT2D eigenvalue weighted by Gasteiger charge is 2.40. The van der Waals surface area contributed by atoms with E-state index < -0.39 is 10.0 Å². The monoisotopic (exact) mass is 368 g/mol. The van der Waals surface area contributed by atoms with Crippen LogP contribution in [0.1, 0.15) is 48.4 Å². The minimum absolute atomic E-state index is 0.0674. The van der Waals surface area contributed by atoms with Crippen LogP contribution in [-0.2, 0) is 29.9 Å². The van der Waals surface area contributed by atoms with Crippen LogP contribution in [0, 0.1) is 11.8 Å². The summed E-state index contributed by atoms with van der Waals surface area (Å²) in [4.78, 5) is 14.9. The summed E-state index contributed by atoms with van der Waals surface area (Å²) in [5.74, 6) is 0.329. The quantitative estimate of drug-likeness (QED) is 0.857. The molecule has 1 aromatic heterocycles.